The molecule has 1 unspecified atom stereocenters. The van der Waals surface area contributed by atoms with Gasteiger partial charge in [-0.1, -0.05) is 6.07 Å². The van der Waals surface area contributed by atoms with Crippen LogP contribution in [0.4, 0.5) is 5.69 Å². The van der Waals surface area contributed by atoms with Crippen LogP contribution in [-0.4, -0.2) is 35.2 Å². The number of carboxylic acids is 1. The highest BCUT2D eigenvalue weighted by atomic mass is 32.2. The summed E-state index contributed by atoms with van der Waals surface area (Å²) in [6.45, 7) is 1.07. The Hall–Kier alpha value is -1.16. The lowest BCUT2D eigenvalue weighted by molar-refractivity contribution is 0.0695. The first-order valence-electron chi connectivity index (χ1n) is 6.47. The maximum Gasteiger partial charge on any atom is 0.336 e. The number of nitrogens with zero attached hydrogens (tertiary/aromatic N) is 1. The standard InChI is InChI=1S/C14H17NO2S/c16-14(17)12-3-1-5-13-11(12)4-2-7-15(13)10-6-8-18-9-10/h1,3,5,10H,2,4,6-9H2,(H,16,17). The highest BCUT2D eigenvalue weighted by Crippen LogP contribution is 2.34. The molecule has 0 bridgehead atoms. The van der Waals surface area contributed by atoms with Crippen molar-refractivity contribution in [2.24, 2.45) is 0 Å². The molecule has 2 aliphatic heterocycles. The summed E-state index contributed by atoms with van der Waals surface area (Å²) < 4.78 is 0. The van der Waals surface area contributed by atoms with Crippen molar-refractivity contribution in [2.45, 2.75) is 25.3 Å². The van der Waals surface area contributed by atoms with Gasteiger partial charge < -0.3 is 10.0 Å². The second-order valence-electron chi connectivity index (χ2n) is 4.92. The zero-order valence-corrected chi connectivity index (χ0v) is 11.1. The van der Waals surface area contributed by atoms with Gasteiger partial charge in [-0.2, -0.15) is 11.8 Å². The normalized spacial score (nSPS) is 22.9. The molecule has 0 aromatic heterocycles. The number of anilines is 1. The number of hydrogen-bond acceptors (Lipinski definition) is 3. The van der Waals surface area contributed by atoms with E-state index in [1.165, 1.54) is 17.9 Å². The molecule has 96 valence electrons. The van der Waals surface area contributed by atoms with E-state index < -0.39 is 5.97 Å². The van der Waals surface area contributed by atoms with E-state index in [9.17, 15) is 9.90 Å². The topological polar surface area (TPSA) is 40.5 Å². The Bertz CT molecular complexity index is 469. The minimum atomic E-state index is -0.797. The van der Waals surface area contributed by atoms with E-state index in [0.717, 1.165) is 30.6 Å². The summed E-state index contributed by atoms with van der Waals surface area (Å²) in [6.07, 6.45) is 3.19. The summed E-state index contributed by atoms with van der Waals surface area (Å²) in [5.74, 6) is 1.61. The Morgan fingerprint density at radius 3 is 3.06 bits per heavy atom. The first-order valence-corrected chi connectivity index (χ1v) is 7.62. The number of carbonyl (C=O) groups is 1. The van der Waals surface area contributed by atoms with Gasteiger partial charge >= 0.3 is 5.97 Å². The van der Waals surface area contributed by atoms with Gasteiger partial charge in [-0.3, -0.25) is 0 Å². The Kier molecular flexibility index (Phi) is 3.20. The minimum absolute atomic E-state index is 0.489. The summed E-state index contributed by atoms with van der Waals surface area (Å²) in [5, 5.41) is 9.27. The lowest BCUT2D eigenvalue weighted by atomic mass is 9.95. The lowest BCUT2D eigenvalue weighted by Crippen LogP contribution is -2.39. The predicted octanol–water partition coefficient (Wildman–Crippen LogP) is 2.64. The highest BCUT2D eigenvalue weighted by molar-refractivity contribution is 7.99. The van der Waals surface area contributed by atoms with Gasteiger partial charge in [0, 0.05) is 24.0 Å². The predicted molar refractivity (Wildman–Crippen MR) is 74.8 cm³/mol. The number of hydrogen-bond donors (Lipinski definition) is 1. The maximum atomic E-state index is 11.3. The van der Waals surface area contributed by atoms with Gasteiger partial charge in [-0.05, 0) is 42.7 Å². The lowest BCUT2D eigenvalue weighted by Gasteiger charge is -2.36. The fourth-order valence-electron chi connectivity index (χ4n) is 3.00. The maximum absolute atomic E-state index is 11.3. The molecule has 1 N–H and O–H groups in total. The molecule has 1 fully saturated rings. The van der Waals surface area contributed by atoms with Crippen molar-refractivity contribution in [3.05, 3.63) is 29.3 Å². The van der Waals surface area contributed by atoms with Gasteiger partial charge in [0.05, 0.1) is 5.56 Å². The number of fused-ring (bicyclic) bond motifs is 1. The molecule has 1 atom stereocenters. The largest absolute Gasteiger partial charge is 0.478 e. The molecule has 4 heteroatoms. The smallest absolute Gasteiger partial charge is 0.336 e. The monoisotopic (exact) mass is 263 g/mol. The Morgan fingerprint density at radius 2 is 2.33 bits per heavy atom. The van der Waals surface area contributed by atoms with Gasteiger partial charge in [0.25, 0.3) is 0 Å². The minimum Gasteiger partial charge on any atom is -0.478 e. The van der Waals surface area contributed by atoms with E-state index in [4.69, 9.17) is 0 Å². The third kappa shape index (κ3) is 1.99. The zero-order valence-electron chi connectivity index (χ0n) is 10.3. The van der Waals surface area contributed by atoms with Gasteiger partial charge in [-0.25, -0.2) is 4.79 Å². The van der Waals surface area contributed by atoms with Gasteiger partial charge in [-0.15, -0.1) is 0 Å². The molecule has 1 aromatic carbocycles. The van der Waals surface area contributed by atoms with E-state index in [2.05, 4.69) is 11.0 Å². The number of rotatable bonds is 2. The average Bonchev–Trinajstić information content (AvgIpc) is 2.91. The third-order valence-electron chi connectivity index (χ3n) is 3.86. The second kappa shape index (κ2) is 4.84. The Morgan fingerprint density at radius 1 is 1.44 bits per heavy atom. The zero-order chi connectivity index (χ0) is 12.5. The van der Waals surface area contributed by atoms with E-state index in [1.54, 1.807) is 6.07 Å². The number of aromatic carboxylic acids is 1. The van der Waals surface area contributed by atoms with E-state index in [0.29, 0.717) is 11.6 Å². The summed E-state index contributed by atoms with van der Waals surface area (Å²) in [4.78, 5) is 13.7. The molecular formula is C14H17NO2S. The van der Waals surface area contributed by atoms with Crippen LogP contribution in [0, 0.1) is 0 Å². The molecule has 2 aliphatic rings. The van der Waals surface area contributed by atoms with Crippen molar-refractivity contribution in [3.63, 3.8) is 0 Å². The molecule has 1 saturated heterocycles. The van der Waals surface area contributed by atoms with Crippen LogP contribution in [0.15, 0.2) is 18.2 Å². The molecule has 0 aliphatic carbocycles. The molecule has 18 heavy (non-hydrogen) atoms. The fraction of sp³-hybridized carbons (Fsp3) is 0.500. The Labute approximate surface area is 111 Å². The molecule has 0 spiro atoms. The van der Waals surface area contributed by atoms with E-state index >= 15 is 0 Å². The van der Waals surface area contributed by atoms with Crippen LogP contribution in [0.5, 0.6) is 0 Å². The van der Waals surface area contributed by atoms with Crippen molar-refractivity contribution in [1.82, 2.24) is 0 Å². The highest BCUT2D eigenvalue weighted by Gasteiger charge is 2.28. The molecule has 2 heterocycles. The van der Waals surface area contributed by atoms with Crippen LogP contribution >= 0.6 is 11.8 Å². The molecule has 3 nitrogen and oxygen atoms in total. The van der Waals surface area contributed by atoms with E-state index in [-0.39, 0.29) is 0 Å². The van der Waals surface area contributed by atoms with Crippen LogP contribution in [0.1, 0.15) is 28.8 Å². The fourth-order valence-corrected chi connectivity index (χ4v) is 4.22. The first kappa shape index (κ1) is 11.9. The van der Waals surface area contributed by atoms with Crippen molar-refractivity contribution >= 4 is 23.4 Å². The first-order chi connectivity index (χ1) is 8.77. The molecule has 0 amide bonds. The molecule has 0 radical (unpaired) electrons. The van der Waals surface area contributed by atoms with Crippen molar-refractivity contribution in [2.75, 3.05) is 23.0 Å². The van der Waals surface area contributed by atoms with Crippen LogP contribution in [0.3, 0.4) is 0 Å². The number of benzene rings is 1. The van der Waals surface area contributed by atoms with Crippen LogP contribution in [-0.2, 0) is 6.42 Å². The van der Waals surface area contributed by atoms with Crippen molar-refractivity contribution < 1.29 is 9.90 Å². The summed E-state index contributed by atoms with van der Waals surface area (Å²) >= 11 is 2.00. The third-order valence-corrected chi connectivity index (χ3v) is 5.01. The molecule has 3 rings (SSSR count). The second-order valence-corrected chi connectivity index (χ2v) is 6.07. The number of carboxylic acid groups (broad SMARTS) is 1. The van der Waals surface area contributed by atoms with Crippen molar-refractivity contribution in [1.29, 1.82) is 0 Å². The van der Waals surface area contributed by atoms with Crippen LogP contribution < -0.4 is 4.90 Å². The van der Waals surface area contributed by atoms with Gasteiger partial charge in [0.15, 0.2) is 0 Å². The molecular weight excluding hydrogens is 246 g/mol. The molecule has 1 aromatic rings. The van der Waals surface area contributed by atoms with Gasteiger partial charge in [0.2, 0.25) is 0 Å². The summed E-state index contributed by atoms with van der Waals surface area (Å²) in [5.41, 5.74) is 2.68. The quantitative estimate of drug-likeness (QED) is 0.890. The van der Waals surface area contributed by atoms with E-state index in [1.807, 2.05) is 17.8 Å². The van der Waals surface area contributed by atoms with Crippen LogP contribution in [0.2, 0.25) is 0 Å². The Balaban J connectivity index is 2.00. The summed E-state index contributed by atoms with van der Waals surface area (Å²) in [7, 11) is 0. The van der Waals surface area contributed by atoms with Crippen molar-refractivity contribution in [3.8, 4) is 0 Å². The molecule has 0 saturated carbocycles. The van der Waals surface area contributed by atoms with Gasteiger partial charge in [0.1, 0.15) is 0 Å². The summed E-state index contributed by atoms with van der Waals surface area (Å²) in [6, 6.07) is 6.29. The number of thioether (sulfide) groups is 1. The average molecular weight is 263 g/mol. The SMILES string of the molecule is O=C(O)c1cccc2c1CCCN2C1CCSC1. The van der Waals surface area contributed by atoms with Crippen LogP contribution in [0.25, 0.3) is 0 Å².